The SMILES string of the molecule is COC(=O)c1cc(C)nc(N2C[C@@H]3[C@H](CNS(C)(=O)=O)[C@H]4CC[C@]3(C2)O4)n1. The third-order valence-corrected chi connectivity index (χ3v) is 6.58. The second-order valence-electron chi connectivity index (χ2n) is 7.72. The smallest absolute Gasteiger partial charge is 0.356 e. The quantitative estimate of drug-likeness (QED) is 0.698. The summed E-state index contributed by atoms with van der Waals surface area (Å²) in [5, 5.41) is 0. The van der Waals surface area contributed by atoms with Gasteiger partial charge in [-0.2, -0.15) is 0 Å². The van der Waals surface area contributed by atoms with Crippen LogP contribution in [-0.4, -0.2) is 69.1 Å². The van der Waals surface area contributed by atoms with Crippen LogP contribution in [0.4, 0.5) is 5.95 Å². The van der Waals surface area contributed by atoms with Crippen molar-refractivity contribution in [2.45, 2.75) is 31.5 Å². The summed E-state index contributed by atoms with van der Waals surface area (Å²) in [4.78, 5) is 22.8. The van der Waals surface area contributed by atoms with Gasteiger partial charge in [-0.05, 0) is 25.8 Å². The van der Waals surface area contributed by atoms with Crippen molar-refractivity contribution in [2.24, 2.45) is 11.8 Å². The lowest BCUT2D eigenvalue weighted by molar-refractivity contribution is 0.0141. The van der Waals surface area contributed by atoms with Crippen molar-refractivity contribution in [3.05, 3.63) is 17.5 Å². The van der Waals surface area contributed by atoms with Gasteiger partial charge in [-0.1, -0.05) is 0 Å². The molecule has 27 heavy (non-hydrogen) atoms. The maximum absolute atomic E-state index is 11.9. The molecule has 1 aromatic heterocycles. The molecule has 0 unspecified atom stereocenters. The van der Waals surface area contributed by atoms with Crippen LogP contribution in [0.5, 0.6) is 0 Å². The van der Waals surface area contributed by atoms with Gasteiger partial charge in [-0.25, -0.2) is 27.9 Å². The topological polar surface area (TPSA) is 111 Å². The summed E-state index contributed by atoms with van der Waals surface area (Å²) in [6.07, 6.45) is 3.15. The van der Waals surface area contributed by atoms with Gasteiger partial charge in [0.25, 0.3) is 0 Å². The van der Waals surface area contributed by atoms with E-state index in [0.29, 0.717) is 31.3 Å². The van der Waals surface area contributed by atoms with Crippen molar-refractivity contribution in [1.29, 1.82) is 0 Å². The Morgan fingerprint density at radius 2 is 2.26 bits per heavy atom. The number of fused-ring (bicyclic) bond motifs is 1. The van der Waals surface area contributed by atoms with Crippen LogP contribution in [0.3, 0.4) is 0 Å². The Hall–Kier alpha value is -1.78. The van der Waals surface area contributed by atoms with Gasteiger partial charge in [0, 0.05) is 30.6 Å². The molecule has 4 rings (SSSR count). The Morgan fingerprint density at radius 1 is 1.48 bits per heavy atom. The van der Waals surface area contributed by atoms with Crippen LogP contribution in [0.1, 0.15) is 29.0 Å². The molecule has 148 valence electrons. The summed E-state index contributed by atoms with van der Waals surface area (Å²) in [7, 11) is -1.92. The molecule has 3 saturated heterocycles. The van der Waals surface area contributed by atoms with Crippen molar-refractivity contribution in [1.82, 2.24) is 14.7 Å². The van der Waals surface area contributed by atoms with Gasteiger partial charge in [-0.15, -0.1) is 0 Å². The number of anilines is 1. The van der Waals surface area contributed by atoms with Gasteiger partial charge in [0.15, 0.2) is 5.69 Å². The first-order valence-corrected chi connectivity index (χ1v) is 10.9. The molecule has 0 amide bonds. The summed E-state index contributed by atoms with van der Waals surface area (Å²) in [6.45, 7) is 3.52. The molecule has 2 bridgehead atoms. The van der Waals surface area contributed by atoms with E-state index in [2.05, 4.69) is 14.7 Å². The van der Waals surface area contributed by atoms with Crippen molar-refractivity contribution < 1.29 is 22.7 Å². The summed E-state index contributed by atoms with van der Waals surface area (Å²) < 4.78 is 36.8. The number of sulfonamides is 1. The zero-order chi connectivity index (χ0) is 19.4. The number of methoxy groups -OCH3 is 1. The molecule has 0 aromatic carbocycles. The number of aryl methyl sites for hydroxylation is 1. The Kier molecular flexibility index (Phi) is 4.39. The van der Waals surface area contributed by atoms with Crippen LogP contribution in [0, 0.1) is 18.8 Å². The second-order valence-corrected chi connectivity index (χ2v) is 9.55. The lowest BCUT2D eigenvalue weighted by atomic mass is 9.74. The first-order chi connectivity index (χ1) is 12.7. The maximum Gasteiger partial charge on any atom is 0.356 e. The molecule has 1 aromatic rings. The summed E-state index contributed by atoms with van der Waals surface area (Å²) >= 11 is 0. The minimum atomic E-state index is -3.24. The number of carbonyl (C=O) groups is 1. The largest absolute Gasteiger partial charge is 0.464 e. The van der Waals surface area contributed by atoms with Crippen LogP contribution in [0.15, 0.2) is 6.07 Å². The Bertz CT molecular complexity index is 876. The third-order valence-electron chi connectivity index (χ3n) is 5.88. The van der Waals surface area contributed by atoms with Crippen LogP contribution < -0.4 is 9.62 Å². The van der Waals surface area contributed by atoms with E-state index in [9.17, 15) is 13.2 Å². The molecule has 3 aliphatic heterocycles. The fraction of sp³-hybridized carbons (Fsp3) is 0.706. The molecule has 4 heterocycles. The van der Waals surface area contributed by atoms with Gasteiger partial charge in [0.1, 0.15) is 0 Å². The van der Waals surface area contributed by atoms with E-state index in [1.54, 1.807) is 6.07 Å². The average Bonchev–Trinajstić information content (AvgIpc) is 3.26. The van der Waals surface area contributed by atoms with E-state index in [4.69, 9.17) is 9.47 Å². The number of nitrogens with one attached hydrogen (secondary N) is 1. The maximum atomic E-state index is 11.9. The first-order valence-electron chi connectivity index (χ1n) is 9.02. The molecule has 3 aliphatic rings. The Morgan fingerprint density at radius 3 is 2.96 bits per heavy atom. The highest BCUT2D eigenvalue weighted by Crippen LogP contribution is 2.55. The lowest BCUT2D eigenvalue weighted by Gasteiger charge is -2.29. The fourth-order valence-corrected chi connectivity index (χ4v) is 5.26. The van der Waals surface area contributed by atoms with Gasteiger partial charge in [0.05, 0.1) is 31.6 Å². The van der Waals surface area contributed by atoms with E-state index < -0.39 is 16.0 Å². The van der Waals surface area contributed by atoms with E-state index in [-0.39, 0.29) is 29.2 Å². The predicted octanol–water partition coefficient (Wildman–Crippen LogP) is 0.105. The molecule has 10 heteroatoms. The normalized spacial score (nSPS) is 32.0. The monoisotopic (exact) mass is 396 g/mol. The molecule has 0 radical (unpaired) electrons. The van der Waals surface area contributed by atoms with E-state index in [1.807, 2.05) is 11.8 Å². The number of nitrogens with zero attached hydrogens (tertiary/aromatic N) is 3. The molecular weight excluding hydrogens is 372 g/mol. The molecule has 0 aliphatic carbocycles. The van der Waals surface area contributed by atoms with Crippen molar-refractivity contribution >= 4 is 21.9 Å². The highest BCUT2D eigenvalue weighted by Gasteiger charge is 2.63. The highest BCUT2D eigenvalue weighted by atomic mass is 32.2. The number of rotatable bonds is 5. The molecule has 3 fully saturated rings. The third kappa shape index (κ3) is 3.30. The van der Waals surface area contributed by atoms with E-state index in [1.165, 1.54) is 13.4 Å². The molecular formula is C17H24N4O5S. The molecule has 4 atom stereocenters. The van der Waals surface area contributed by atoms with Crippen LogP contribution >= 0.6 is 0 Å². The van der Waals surface area contributed by atoms with Gasteiger partial charge < -0.3 is 14.4 Å². The van der Waals surface area contributed by atoms with Gasteiger partial charge in [-0.3, -0.25) is 0 Å². The predicted molar refractivity (Wildman–Crippen MR) is 97.0 cm³/mol. The zero-order valence-corrected chi connectivity index (χ0v) is 16.5. The Labute approximate surface area is 158 Å². The van der Waals surface area contributed by atoms with Crippen LogP contribution in [0.25, 0.3) is 0 Å². The Balaban J connectivity index is 1.57. The van der Waals surface area contributed by atoms with Crippen molar-refractivity contribution in [3.63, 3.8) is 0 Å². The van der Waals surface area contributed by atoms with Crippen LogP contribution in [0.2, 0.25) is 0 Å². The average molecular weight is 396 g/mol. The number of ether oxygens (including phenoxy) is 2. The second kappa shape index (κ2) is 6.39. The number of carbonyl (C=O) groups excluding carboxylic acids is 1. The van der Waals surface area contributed by atoms with Crippen LogP contribution in [-0.2, 0) is 19.5 Å². The standard InChI is InChI=1S/C17H24N4O5S/c1-10-6-13(15(22)25-2)20-16(19-10)21-8-12-11(7-18-27(3,23)24)14-4-5-17(12,9-21)26-14/h6,11-12,14,18H,4-5,7-9H2,1-3H3/t11-,12+,14+,17+/m0/s1. The number of hydrogen-bond acceptors (Lipinski definition) is 8. The highest BCUT2D eigenvalue weighted by molar-refractivity contribution is 7.88. The number of esters is 1. The lowest BCUT2D eigenvalue weighted by Crippen LogP contribution is -2.41. The fourth-order valence-electron chi connectivity index (χ4n) is 4.77. The molecule has 1 N–H and O–H groups in total. The number of hydrogen-bond donors (Lipinski definition) is 1. The summed E-state index contributed by atoms with van der Waals surface area (Å²) in [6, 6.07) is 1.60. The molecule has 0 saturated carbocycles. The minimum absolute atomic E-state index is 0.0930. The van der Waals surface area contributed by atoms with E-state index >= 15 is 0 Å². The van der Waals surface area contributed by atoms with E-state index in [0.717, 1.165) is 12.8 Å². The number of aromatic nitrogens is 2. The van der Waals surface area contributed by atoms with Crippen molar-refractivity contribution in [3.8, 4) is 0 Å². The molecule has 1 spiro atoms. The first kappa shape index (κ1) is 18.6. The summed E-state index contributed by atoms with van der Waals surface area (Å²) in [5.41, 5.74) is 0.637. The van der Waals surface area contributed by atoms with Gasteiger partial charge in [0.2, 0.25) is 16.0 Å². The summed E-state index contributed by atoms with van der Waals surface area (Å²) in [5.74, 6) is 0.326. The molecule has 9 nitrogen and oxygen atoms in total. The van der Waals surface area contributed by atoms with Crippen molar-refractivity contribution in [2.75, 3.05) is 37.9 Å². The minimum Gasteiger partial charge on any atom is -0.464 e. The van der Waals surface area contributed by atoms with Gasteiger partial charge >= 0.3 is 5.97 Å². The zero-order valence-electron chi connectivity index (χ0n) is 15.6.